The second-order valence-electron chi connectivity index (χ2n) is 5.53. The fourth-order valence-corrected chi connectivity index (χ4v) is 3.30. The molecule has 3 nitrogen and oxygen atoms in total. The fourth-order valence-electron chi connectivity index (χ4n) is 2.31. The number of methoxy groups -OCH3 is 1. The summed E-state index contributed by atoms with van der Waals surface area (Å²) in [5.74, 6) is 1.54. The number of nitrogens with one attached hydrogen (secondary N) is 1. The van der Waals surface area contributed by atoms with Crippen molar-refractivity contribution < 1.29 is 9.53 Å². The molecule has 1 atom stereocenters. The van der Waals surface area contributed by atoms with Gasteiger partial charge in [-0.3, -0.25) is 4.79 Å². The molecule has 1 unspecified atom stereocenters. The Morgan fingerprint density at radius 1 is 1.35 bits per heavy atom. The Morgan fingerprint density at radius 3 is 2.55 bits per heavy atom. The van der Waals surface area contributed by atoms with Crippen molar-refractivity contribution in [1.82, 2.24) is 5.32 Å². The zero-order chi connectivity index (χ0) is 14.5. The molecule has 0 aromatic heterocycles. The highest BCUT2D eigenvalue weighted by molar-refractivity contribution is 7.98. The fraction of sp³-hybridized carbons (Fsp3) is 0.562. The molecule has 1 fully saturated rings. The van der Waals surface area contributed by atoms with Gasteiger partial charge < -0.3 is 10.1 Å². The maximum absolute atomic E-state index is 11.7. The molecule has 0 spiro atoms. The SMILES string of the molecule is COC(=O)C(CSCc1cc(C)cc(C)c1)NC1CC1. The van der Waals surface area contributed by atoms with E-state index in [1.165, 1.54) is 36.6 Å². The molecule has 0 aliphatic heterocycles. The number of carbonyl (C=O) groups excluding carboxylic acids is 1. The van der Waals surface area contributed by atoms with Crippen LogP contribution in [0.25, 0.3) is 0 Å². The van der Waals surface area contributed by atoms with Crippen LogP contribution in [0.5, 0.6) is 0 Å². The summed E-state index contributed by atoms with van der Waals surface area (Å²) in [6.45, 7) is 4.24. The number of benzene rings is 1. The first-order valence-electron chi connectivity index (χ1n) is 7.07. The molecule has 1 aromatic rings. The molecule has 110 valence electrons. The van der Waals surface area contributed by atoms with Crippen molar-refractivity contribution in [3.63, 3.8) is 0 Å². The lowest BCUT2D eigenvalue weighted by molar-refractivity contribution is -0.142. The molecule has 0 bridgehead atoms. The lowest BCUT2D eigenvalue weighted by Gasteiger charge is -2.15. The zero-order valence-electron chi connectivity index (χ0n) is 12.4. The molecular weight excluding hydrogens is 270 g/mol. The Hall–Kier alpha value is -1.00. The van der Waals surface area contributed by atoms with Gasteiger partial charge in [-0.05, 0) is 32.3 Å². The van der Waals surface area contributed by atoms with Gasteiger partial charge in [-0.1, -0.05) is 29.3 Å². The normalized spacial score (nSPS) is 15.9. The third kappa shape index (κ3) is 4.84. The Bertz CT molecular complexity index is 451. The second kappa shape index (κ2) is 7.14. The minimum atomic E-state index is -0.177. The standard InChI is InChI=1S/C16H23NO2S/c1-11-6-12(2)8-13(7-11)9-20-10-15(16(18)19-3)17-14-4-5-14/h6-8,14-15,17H,4-5,9-10H2,1-3H3. The summed E-state index contributed by atoms with van der Waals surface area (Å²) in [7, 11) is 1.46. The van der Waals surface area contributed by atoms with E-state index in [2.05, 4.69) is 37.4 Å². The van der Waals surface area contributed by atoms with Gasteiger partial charge in [0.05, 0.1) is 7.11 Å². The average Bonchev–Trinajstić information content (AvgIpc) is 3.19. The number of hydrogen-bond donors (Lipinski definition) is 1. The van der Waals surface area contributed by atoms with Crippen LogP contribution in [0.4, 0.5) is 0 Å². The predicted octanol–water partition coefficient (Wildman–Crippen LogP) is 2.83. The van der Waals surface area contributed by atoms with Crippen molar-refractivity contribution in [2.45, 2.75) is 44.5 Å². The Labute approximate surface area is 125 Å². The molecule has 1 aromatic carbocycles. The Morgan fingerprint density at radius 2 is 2.00 bits per heavy atom. The molecule has 0 radical (unpaired) electrons. The first kappa shape index (κ1) is 15.4. The molecule has 2 rings (SSSR count). The maximum Gasteiger partial charge on any atom is 0.323 e. The van der Waals surface area contributed by atoms with Crippen LogP contribution >= 0.6 is 11.8 Å². The number of esters is 1. The summed E-state index contributed by atoms with van der Waals surface area (Å²) in [4.78, 5) is 11.7. The van der Waals surface area contributed by atoms with Gasteiger partial charge in [0.2, 0.25) is 0 Å². The maximum atomic E-state index is 11.7. The topological polar surface area (TPSA) is 38.3 Å². The summed E-state index contributed by atoms with van der Waals surface area (Å²) in [5.41, 5.74) is 3.91. The molecule has 0 saturated heterocycles. The van der Waals surface area contributed by atoms with E-state index in [4.69, 9.17) is 4.74 Å². The quantitative estimate of drug-likeness (QED) is 0.785. The lowest BCUT2D eigenvalue weighted by Crippen LogP contribution is -2.41. The van der Waals surface area contributed by atoms with Crippen LogP contribution in [0.2, 0.25) is 0 Å². The van der Waals surface area contributed by atoms with E-state index in [1.54, 1.807) is 11.8 Å². The number of thioether (sulfide) groups is 1. The second-order valence-corrected chi connectivity index (χ2v) is 6.56. The molecule has 1 aliphatic rings. The van der Waals surface area contributed by atoms with Gasteiger partial charge in [0.25, 0.3) is 0 Å². The van der Waals surface area contributed by atoms with Crippen LogP contribution in [-0.4, -0.2) is 30.9 Å². The van der Waals surface area contributed by atoms with Crippen molar-refractivity contribution in [1.29, 1.82) is 0 Å². The number of aryl methyl sites for hydroxylation is 2. The number of carbonyl (C=O) groups is 1. The van der Waals surface area contributed by atoms with Crippen LogP contribution in [0.1, 0.15) is 29.5 Å². The van der Waals surface area contributed by atoms with Crippen LogP contribution in [0.3, 0.4) is 0 Å². The van der Waals surface area contributed by atoms with E-state index in [1.807, 2.05) is 0 Å². The van der Waals surface area contributed by atoms with Gasteiger partial charge in [-0.15, -0.1) is 0 Å². The summed E-state index contributed by atoms with van der Waals surface area (Å²) >= 11 is 1.78. The van der Waals surface area contributed by atoms with Crippen LogP contribution in [-0.2, 0) is 15.3 Å². The minimum absolute atomic E-state index is 0.148. The van der Waals surface area contributed by atoms with Gasteiger partial charge in [0.1, 0.15) is 6.04 Å². The van der Waals surface area contributed by atoms with Gasteiger partial charge >= 0.3 is 5.97 Å². The third-order valence-electron chi connectivity index (χ3n) is 3.33. The van der Waals surface area contributed by atoms with Crippen LogP contribution < -0.4 is 5.32 Å². The van der Waals surface area contributed by atoms with Gasteiger partial charge in [-0.25, -0.2) is 0 Å². The van der Waals surface area contributed by atoms with Gasteiger partial charge in [-0.2, -0.15) is 11.8 Å². The summed E-state index contributed by atoms with van der Waals surface area (Å²) < 4.78 is 4.87. The molecule has 0 heterocycles. The van der Waals surface area contributed by atoms with Crippen LogP contribution in [0, 0.1) is 13.8 Å². The first-order valence-corrected chi connectivity index (χ1v) is 8.22. The van der Waals surface area contributed by atoms with Crippen molar-refractivity contribution in [2.75, 3.05) is 12.9 Å². The first-order chi connectivity index (χ1) is 9.58. The molecule has 1 aliphatic carbocycles. The van der Waals surface area contributed by atoms with E-state index in [0.717, 1.165) is 11.5 Å². The van der Waals surface area contributed by atoms with Crippen molar-refractivity contribution >= 4 is 17.7 Å². The van der Waals surface area contributed by atoms with E-state index in [0.29, 0.717) is 6.04 Å². The van der Waals surface area contributed by atoms with Gasteiger partial charge in [0, 0.05) is 17.5 Å². The number of hydrogen-bond acceptors (Lipinski definition) is 4. The largest absolute Gasteiger partial charge is 0.468 e. The number of ether oxygens (including phenoxy) is 1. The van der Waals surface area contributed by atoms with E-state index < -0.39 is 0 Å². The molecule has 1 N–H and O–H groups in total. The van der Waals surface area contributed by atoms with Crippen molar-refractivity contribution in [3.8, 4) is 0 Å². The van der Waals surface area contributed by atoms with Crippen molar-refractivity contribution in [2.24, 2.45) is 0 Å². The predicted molar refractivity (Wildman–Crippen MR) is 84.0 cm³/mol. The minimum Gasteiger partial charge on any atom is -0.468 e. The average molecular weight is 293 g/mol. The smallest absolute Gasteiger partial charge is 0.323 e. The monoisotopic (exact) mass is 293 g/mol. The molecular formula is C16H23NO2S. The third-order valence-corrected chi connectivity index (χ3v) is 4.44. The van der Waals surface area contributed by atoms with Crippen LogP contribution in [0.15, 0.2) is 18.2 Å². The highest BCUT2D eigenvalue weighted by Gasteiger charge is 2.28. The Kier molecular flexibility index (Phi) is 5.49. The summed E-state index contributed by atoms with van der Waals surface area (Å²) in [5, 5.41) is 3.36. The molecule has 4 heteroatoms. The molecule has 0 amide bonds. The summed E-state index contributed by atoms with van der Waals surface area (Å²) in [6.07, 6.45) is 2.35. The molecule has 1 saturated carbocycles. The Balaban J connectivity index is 1.83. The lowest BCUT2D eigenvalue weighted by atomic mass is 10.1. The highest BCUT2D eigenvalue weighted by Crippen LogP contribution is 2.22. The van der Waals surface area contributed by atoms with E-state index >= 15 is 0 Å². The highest BCUT2D eigenvalue weighted by atomic mass is 32.2. The number of rotatable bonds is 7. The van der Waals surface area contributed by atoms with E-state index in [-0.39, 0.29) is 12.0 Å². The molecule has 20 heavy (non-hydrogen) atoms. The van der Waals surface area contributed by atoms with Crippen molar-refractivity contribution in [3.05, 3.63) is 34.9 Å². The van der Waals surface area contributed by atoms with Gasteiger partial charge in [0.15, 0.2) is 0 Å². The van der Waals surface area contributed by atoms with E-state index in [9.17, 15) is 4.79 Å². The zero-order valence-corrected chi connectivity index (χ0v) is 13.3. The summed E-state index contributed by atoms with van der Waals surface area (Å²) in [6, 6.07) is 6.94.